The van der Waals surface area contributed by atoms with Crippen molar-refractivity contribution in [2.75, 3.05) is 12.4 Å². The summed E-state index contributed by atoms with van der Waals surface area (Å²) in [5.74, 6) is 2.35. The average Bonchev–Trinajstić information content (AvgIpc) is 2.75. The second-order valence-corrected chi connectivity index (χ2v) is 4.32. The zero-order valence-corrected chi connectivity index (χ0v) is 10.2. The van der Waals surface area contributed by atoms with Crippen molar-refractivity contribution in [1.29, 1.82) is 0 Å². The van der Waals surface area contributed by atoms with Crippen LogP contribution in [0.1, 0.15) is 37.1 Å². The van der Waals surface area contributed by atoms with Gasteiger partial charge in [-0.25, -0.2) is 4.98 Å². The van der Waals surface area contributed by atoms with Crippen molar-refractivity contribution in [3.05, 3.63) is 11.4 Å². The lowest BCUT2D eigenvalue weighted by Gasteiger charge is -2.16. The predicted molar refractivity (Wildman–Crippen MR) is 63.9 cm³/mol. The molecular weight excluding hydrogens is 202 g/mol. The Balaban J connectivity index is 2.21. The summed E-state index contributed by atoms with van der Waals surface area (Å²) in [6, 6.07) is 0. The third-order valence-corrected chi connectivity index (χ3v) is 3.03. The minimum atomic E-state index is 0.345. The molecule has 1 saturated carbocycles. The number of hydrogen-bond donors (Lipinski definition) is 1. The molecule has 88 valence electrons. The number of ether oxygens (including phenoxy) is 1. The van der Waals surface area contributed by atoms with Crippen LogP contribution in [0.3, 0.4) is 0 Å². The normalized spacial score (nSPS) is 16.4. The lowest BCUT2D eigenvalue weighted by Crippen LogP contribution is -2.14. The Labute approximate surface area is 96.4 Å². The minimum absolute atomic E-state index is 0.345. The monoisotopic (exact) mass is 221 g/mol. The molecular formula is C12H19N3O. The summed E-state index contributed by atoms with van der Waals surface area (Å²) in [6.07, 6.45) is 5.19. The van der Waals surface area contributed by atoms with Crippen molar-refractivity contribution in [2.45, 2.75) is 45.6 Å². The molecule has 1 heterocycles. The van der Waals surface area contributed by atoms with Gasteiger partial charge in [0.1, 0.15) is 17.7 Å². The molecule has 0 radical (unpaired) electrons. The van der Waals surface area contributed by atoms with E-state index in [0.717, 1.165) is 35.9 Å². The lowest BCUT2D eigenvalue weighted by molar-refractivity contribution is 0.199. The maximum absolute atomic E-state index is 5.94. The van der Waals surface area contributed by atoms with Crippen molar-refractivity contribution in [3.8, 4) is 5.88 Å². The van der Waals surface area contributed by atoms with E-state index in [0.29, 0.717) is 6.10 Å². The zero-order chi connectivity index (χ0) is 11.5. The van der Waals surface area contributed by atoms with Crippen LogP contribution in [0.4, 0.5) is 5.82 Å². The molecule has 1 aliphatic carbocycles. The molecule has 0 spiro atoms. The van der Waals surface area contributed by atoms with Crippen LogP contribution in [0.5, 0.6) is 5.88 Å². The Morgan fingerprint density at radius 1 is 1.19 bits per heavy atom. The Hall–Kier alpha value is -1.32. The van der Waals surface area contributed by atoms with E-state index in [9.17, 15) is 0 Å². The van der Waals surface area contributed by atoms with E-state index in [4.69, 9.17) is 4.74 Å². The maximum Gasteiger partial charge on any atom is 0.222 e. The summed E-state index contributed by atoms with van der Waals surface area (Å²) in [7, 11) is 1.87. The van der Waals surface area contributed by atoms with E-state index in [1.807, 2.05) is 20.9 Å². The van der Waals surface area contributed by atoms with Crippen molar-refractivity contribution in [2.24, 2.45) is 0 Å². The molecule has 1 aromatic rings. The molecule has 1 N–H and O–H groups in total. The van der Waals surface area contributed by atoms with Crippen molar-refractivity contribution < 1.29 is 4.74 Å². The van der Waals surface area contributed by atoms with E-state index in [-0.39, 0.29) is 0 Å². The summed E-state index contributed by atoms with van der Waals surface area (Å²) in [6.45, 7) is 3.89. The number of rotatable bonds is 3. The van der Waals surface area contributed by atoms with Gasteiger partial charge in [0.15, 0.2) is 0 Å². The number of aryl methyl sites for hydroxylation is 1. The van der Waals surface area contributed by atoms with Gasteiger partial charge >= 0.3 is 0 Å². The van der Waals surface area contributed by atoms with E-state index in [1.54, 1.807) is 0 Å². The van der Waals surface area contributed by atoms with Gasteiger partial charge in [-0.2, -0.15) is 4.98 Å². The van der Waals surface area contributed by atoms with Gasteiger partial charge < -0.3 is 10.1 Å². The Morgan fingerprint density at radius 3 is 2.50 bits per heavy atom. The second-order valence-electron chi connectivity index (χ2n) is 4.32. The number of hydrogen-bond acceptors (Lipinski definition) is 4. The SMILES string of the molecule is CNc1nc(C)nc(OC2CCCC2)c1C. The smallest absolute Gasteiger partial charge is 0.222 e. The fourth-order valence-electron chi connectivity index (χ4n) is 2.12. The average molecular weight is 221 g/mol. The summed E-state index contributed by atoms with van der Waals surface area (Å²) in [4.78, 5) is 8.70. The van der Waals surface area contributed by atoms with Crippen molar-refractivity contribution in [1.82, 2.24) is 9.97 Å². The molecule has 0 aliphatic heterocycles. The number of nitrogens with zero attached hydrogens (tertiary/aromatic N) is 2. The van der Waals surface area contributed by atoms with Crippen LogP contribution in [-0.4, -0.2) is 23.1 Å². The highest BCUT2D eigenvalue weighted by Crippen LogP contribution is 2.27. The molecule has 16 heavy (non-hydrogen) atoms. The number of anilines is 1. The van der Waals surface area contributed by atoms with Crippen LogP contribution in [0.25, 0.3) is 0 Å². The standard InChI is InChI=1S/C12H19N3O/c1-8-11(13-3)14-9(2)15-12(8)16-10-6-4-5-7-10/h10H,4-7H2,1-3H3,(H,13,14,15). The molecule has 0 saturated heterocycles. The minimum Gasteiger partial charge on any atom is -0.474 e. The first-order valence-corrected chi connectivity index (χ1v) is 5.90. The third-order valence-electron chi connectivity index (χ3n) is 3.03. The van der Waals surface area contributed by atoms with Gasteiger partial charge in [0.2, 0.25) is 5.88 Å². The zero-order valence-electron chi connectivity index (χ0n) is 10.2. The van der Waals surface area contributed by atoms with Gasteiger partial charge in [0, 0.05) is 7.05 Å². The van der Waals surface area contributed by atoms with Crippen LogP contribution < -0.4 is 10.1 Å². The molecule has 1 aromatic heterocycles. The van der Waals surface area contributed by atoms with Crippen LogP contribution >= 0.6 is 0 Å². The van der Waals surface area contributed by atoms with Crippen molar-refractivity contribution in [3.63, 3.8) is 0 Å². The van der Waals surface area contributed by atoms with E-state index < -0.39 is 0 Å². The molecule has 2 rings (SSSR count). The van der Waals surface area contributed by atoms with Crippen LogP contribution in [0.15, 0.2) is 0 Å². The molecule has 1 fully saturated rings. The number of nitrogens with one attached hydrogen (secondary N) is 1. The first-order valence-electron chi connectivity index (χ1n) is 5.90. The van der Waals surface area contributed by atoms with Gasteiger partial charge in [0.25, 0.3) is 0 Å². The molecule has 1 aliphatic rings. The number of aromatic nitrogens is 2. The first kappa shape index (κ1) is 11.2. The topological polar surface area (TPSA) is 47.0 Å². The fourth-order valence-corrected chi connectivity index (χ4v) is 2.12. The second kappa shape index (κ2) is 4.68. The summed E-state index contributed by atoms with van der Waals surface area (Å²) in [5, 5.41) is 3.07. The largest absolute Gasteiger partial charge is 0.474 e. The molecule has 0 atom stereocenters. The fraction of sp³-hybridized carbons (Fsp3) is 0.667. The van der Waals surface area contributed by atoms with Gasteiger partial charge in [-0.1, -0.05) is 0 Å². The van der Waals surface area contributed by atoms with Crippen LogP contribution in [-0.2, 0) is 0 Å². The quantitative estimate of drug-likeness (QED) is 0.851. The summed E-state index contributed by atoms with van der Waals surface area (Å²) in [5.41, 5.74) is 1.00. The highest BCUT2D eigenvalue weighted by Gasteiger charge is 2.19. The van der Waals surface area contributed by atoms with Gasteiger partial charge in [0.05, 0.1) is 5.56 Å². The first-order chi connectivity index (χ1) is 7.70. The van der Waals surface area contributed by atoms with Crippen molar-refractivity contribution >= 4 is 5.82 Å². The predicted octanol–water partition coefficient (Wildman–Crippen LogP) is 2.46. The highest BCUT2D eigenvalue weighted by atomic mass is 16.5. The lowest BCUT2D eigenvalue weighted by atomic mass is 10.3. The Bertz CT molecular complexity index is 373. The molecule has 0 amide bonds. The highest BCUT2D eigenvalue weighted by molar-refractivity contribution is 5.47. The molecule has 0 bridgehead atoms. The van der Waals surface area contributed by atoms with Crippen LogP contribution in [0, 0.1) is 13.8 Å². The maximum atomic E-state index is 5.94. The van der Waals surface area contributed by atoms with Gasteiger partial charge in [-0.15, -0.1) is 0 Å². The third kappa shape index (κ3) is 2.26. The molecule has 4 heteroatoms. The molecule has 4 nitrogen and oxygen atoms in total. The Morgan fingerprint density at radius 2 is 1.88 bits per heavy atom. The van der Waals surface area contributed by atoms with Crippen LogP contribution in [0.2, 0.25) is 0 Å². The molecule has 0 aromatic carbocycles. The van der Waals surface area contributed by atoms with E-state index in [1.165, 1.54) is 12.8 Å². The van der Waals surface area contributed by atoms with Gasteiger partial charge in [-0.05, 0) is 39.5 Å². The summed E-state index contributed by atoms with van der Waals surface area (Å²) >= 11 is 0. The van der Waals surface area contributed by atoms with Gasteiger partial charge in [-0.3, -0.25) is 0 Å². The molecule has 0 unspecified atom stereocenters. The Kier molecular flexibility index (Phi) is 3.27. The van der Waals surface area contributed by atoms with E-state index in [2.05, 4.69) is 15.3 Å². The van der Waals surface area contributed by atoms with E-state index >= 15 is 0 Å². The summed E-state index contributed by atoms with van der Waals surface area (Å²) < 4.78 is 5.94.